The van der Waals surface area contributed by atoms with Gasteiger partial charge < -0.3 is 0 Å². The van der Waals surface area contributed by atoms with Crippen LogP contribution in [0.25, 0.3) is 97.5 Å². The molecule has 13 aromatic rings. The predicted octanol–water partition coefficient (Wildman–Crippen LogP) is 18.3. The van der Waals surface area contributed by atoms with Crippen molar-refractivity contribution in [2.45, 2.75) is 38.5 Å². The van der Waals surface area contributed by atoms with Crippen LogP contribution in [-0.4, -0.2) is 17.5 Å². The maximum absolute atomic E-state index is 9.68. The standard InChI is InChI=1S/C72H42N8S4/c1-39-5-17-49(18-6-39)71(50-19-7-40(2)8-20-50)59-33-58-54-26-16-48-32-62(56-28-14-46(30-44(37-75)38-76)66-68(56)80-84-78-66)82-70(48)64(54)72(51-21-9-41(3)10-22-51,52-23-11-42(4)12-24-52)60(58)34-57(59)53-25-15-47-31-61(81-69(47)63(53)71)55-27-13-45(29-43(35-73)36-74)65-67(55)79-83-77-65/h5-34H,1-4H3. The van der Waals surface area contributed by atoms with Crippen molar-refractivity contribution in [3.05, 3.63) is 259 Å². The summed E-state index contributed by atoms with van der Waals surface area (Å²) in [6.45, 7) is 8.61. The highest BCUT2D eigenvalue weighted by Gasteiger charge is 2.53. The van der Waals surface area contributed by atoms with Gasteiger partial charge in [-0.25, -0.2) is 0 Å². The number of hydrogen-bond acceptors (Lipinski definition) is 12. The molecule has 9 aromatic carbocycles. The first-order valence-electron chi connectivity index (χ1n) is 27.2. The predicted molar refractivity (Wildman–Crippen MR) is 342 cm³/mol. The second-order valence-electron chi connectivity index (χ2n) is 21.8. The molecule has 0 atom stereocenters. The van der Waals surface area contributed by atoms with E-state index in [0.717, 1.165) is 66.1 Å². The molecule has 0 spiro atoms. The Morgan fingerprint density at radius 2 is 0.690 bits per heavy atom. The summed E-state index contributed by atoms with van der Waals surface area (Å²) in [6.07, 6.45) is 3.18. The second-order valence-corrected chi connectivity index (χ2v) is 25.0. The minimum absolute atomic E-state index is 0.00843. The first kappa shape index (κ1) is 50.9. The molecule has 0 unspecified atom stereocenters. The molecule has 4 aromatic heterocycles. The molecule has 0 saturated heterocycles. The third kappa shape index (κ3) is 7.36. The van der Waals surface area contributed by atoms with Crippen molar-refractivity contribution in [1.29, 1.82) is 21.0 Å². The first-order valence-corrected chi connectivity index (χ1v) is 30.3. The van der Waals surface area contributed by atoms with E-state index in [-0.39, 0.29) is 11.1 Å². The van der Waals surface area contributed by atoms with Crippen molar-refractivity contribution in [3.63, 3.8) is 0 Å². The van der Waals surface area contributed by atoms with E-state index in [9.17, 15) is 21.0 Å². The van der Waals surface area contributed by atoms with Gasteiger partial charge in [0.2, 0.25) is 0 Å². The first-order chi connectivity index (χ1) is 41.0. The van der Waals surface area contributed by atoms with E-state index in [0.29, 0.717) is 22.2 Å². The van der Waals surface area contributed by atoms with Gasteiger partial charge in [-0.1, -0.05) is 168 Å². The van der Waals surface area contributed by atoms with Gasteiger partial charge in [0, 0.05) is 41.4 Å². The highest BCUT2D eigenvalue weighted by Crippen LogP contribution is 2.65. The number of hydrogen-bond donors (Lipinski definition) is 0. The molecule has 394 valence electrons. The van der Waals surface area contributed by atoms with Crippen LogP contribution >= 0.6 is 46.1 Å². The van der Waals surface area contributed by atoms with Crippen molar-refractivity contribution in [2.24, 2.45) is 0 Å². The average Bonchev–Trinajstić information content (AvgIpc) is 1.54. The van der Waals surface area contributed by atoms with Crippen LogP contribution in [0.3, 0.4) is 0 Å². The summed E-state index contributed by atoms with van der Waals surface area (Å²) >= 11 is 5.81. The number of benzene rings is 9. The molecule has 4 heterocycles. The van der Waals surface area contributed by atoms with Crippen molar-refractivity contribution in [2.75, 3.05) is 0 Å². The fraction of sp³-hybridized carbons (Fsp3) is 0.0833. The minimum Gasteiger partial charge on any atom is -0.192 e. The zero-order valence-electron chi connectivity index (χ0n) is 45.5. The topological polar surface area (TPSA) is 147 Å². The molecule has 0 bridgehead atoms. The molecule has 8 nitrogen and oxygen atoms in total. The lowest BCUT2D eigenvalue weighted by molar-refractivity contribution is 0.765. The van der Waals surface area contributed by atoms with Crippen LogP contribution in [-0.2, 0) is 10.8 Å². The molecule has 2 aliphatic carbocycles. The van der Waals surface area contributed by atoms with E-state index in [4.69, 9.17) is 17.5 Å². The molecule has 12 heteroatoms. The van der Waals surface area contributed by atoms with E-state index in [1.165, 1.54) is 98.4 Å². The fourth-order valence-corrected chi connectivity index (χ4v) is 17.0. The Kier molecular flexibility index (Phi) is 11.7. The Hall–Kier alpha value is -10.0. The molecule has 0 aliphatic heterocycles. The van der Waals surface area contributed by atoms with Crippen LogP contribution in [0.5, 0.6) is 0 Å². The van der Waals surface area contributed by atoms with Crippen LogP contribution in [0.4, 0.5) is 0 Å². The van der Waals surface area contributed by atoms with Crippen molar-refractivity contribution in [1.82, 2.24) is 17.5 Å². The van der Waals surface area contributed by atoms with Gasteiger partial charge in [0.25, 0.3) is 0 Å². The molecular formula is C72H42N8S4. The number of fused-ring (bicyclic) bond motifs is 12. The van der Waals surface area contributed by atoms with Crippen LogP contribution < -0.4 is 0 Å². The van der Waals surface area contributed by atoms with Crippen LogP contribution in [0, 0.1) is 73.0 Å². The number of aryl methyl sites for hydroxylation is 4. The average molecular weight is 1150 g/mol. The SMILES string of the molecule is Cc1ccc(C2(c3ccc(C)cc3)c3cc4c(cc3-c3ccc5cc(-c6ccc(C=C(C#N)C#N)c7nsnc67)sc5c32)C(c2ccc(C)cc2)(c2ccc(C)cc2)c2c-4ccc3cc(-c4ccc(C=C(C#N)C#N)c5nsnc45)sc23)cc1. The molecule has 84 heavy (non-hydrogen) atoms. The largest absolute Gasteiger partial charge is 0.192 e. The lowest BCUT2D eigenvalue weighted by atomic mass is 9.65. The third-order valence-electron chi connectivity index (χ3n) is 17.1. The molecular weight excluding hydrogens is 1110 g/mol. The number of allylic oxidation sites excluding steroid dienone is 2. The normalized spacial score (nSPS) is 13.1. The fourth-order valence-electron chi connectivity index (χ4n) is 13.2. The van der Waals surface area contributed by atoms with Crippen LogP contribution in [0.2, 0.25) is 0 Å². The molecule has 0 N–H and O–H groups in total. The smallest absolute Gasteiger partial charge is 0.130 e. The summed E-state index contributed by atoms with van der Waals surface area (Å²) in [5.41, 5.74) is 23.5. The third-order valence-corrected chi connectivity index (χ3v) is 20.6. The van der Waals surface area contributed by atoms with Gasteiger partial charge in [-0.05, 0) is 142 Å². The minimum atomic E-state index is -0.783. The van der Waals surface area contributed by atoms with Crippen molar-refractivity contribution >= 4 is 101 Å². The highest BCUT2D eigenvalue weighted by atomic mass is 32.1. The zero-order valence-corrected chi connectivity index (χ0v) is 48.8. The van der Waals surface area contributed by atoms with Gasteiger partial charge in [0.1, 0.15) is 57.5 Å². The summed E-state index contributed by atoms with van der Waals surface area (Å²) in [7, 11) is 0. The van der Waals surface area contributed by atoms with Crippen LogP contribution in [0.15, 0.2) is 181 Å². The molecule has 0 amide bonds. The second kappa shape index (κ2) is 19.3. The van der Waals surface area contributed by atoms with Gasteiger partial charge in [0.15, 0.2) is 0 Å². The summed E-state index contributed by atoms with van der Waals surface area (Å²) in [4.78, 5) is 2.09. The monoisotopic (exact) mass is 1150 g/mol. The molecule has 0 saturated carbocycles. The van der Waals surface area contributed by atoms with E-state index >= 15 is 0 Å². The van der Waals surface area contributed by atoms with Crippen molar-refractivity contribution in [3.8, 4) is 67.4 Å². The summed E-state index contributed by atoms with van der Waals surface area (Å²) < 4.78 is 21.4. The lowest BCUT2D eigenvalue weighted by Gasteiger charge is -2.36. The van der Waals surface area contributed by atoms with E-state index < -0.39 is 10.8 Å². The Labute approximate surface area is 500 Å². The summed E-state index contributed by atoms with van der Waals surface area (Å²) in [6, 6.07) is 71.6. The maximum atomic E-state index is 9.68. The zero-order chi connectivity index (χ0) is 57.2. The molecule has 2 aliphatic rings. The summed E-state index contributed by atoms with van der Waals surface area (Å²) in [5.74, 6) is 0. The summed E-state index contributed by atoms with van der Waals surface area (Å²) in [5, 5.41) is 41.0. The Morgan fingerprint density at radius 3 is 1.02 bits per heavy atom. The van der Waals surface area contributed by atoms with Gasteiger partial charge >= 0.3 is 0 Å². The Bertz CT molecular complexity index is 4770. The van der Waals surface area contributed by atoms with Crippen LogP contribution in [0.1, 0.15) is 77.9 Å². The number of nitrogens with zero attached hydrogens (tertiary/aromatic N) is 8. The van der Waals surface area contributed by atoms with E-state index in [1.54, 1.807) is 34.8 Å². The molecule has 0 fully saturated rings. The van der Waals surface area contributed by atoms with E-state index in [1.807, 2.05) is 36.4 Å². The quantitative estimate of drug-likeness (QED) is 0.137. The highest BCUT2D eigenvalue weighted by molar-refractivity contribution is 7.23. The van der Waals surface area contributed by atoms with Gasteiger partial charge in [-0.15, -0.1) is 22.7 Å². The maximum Gasteiger partial charge on any atom is 0.130 e. The number of thiophene rings is 2. The van der Waals surface area contributed by atoms with Gasteiger partial charge in [-0.3, -0.25) is 0 Å². The number of aromatic nitrogens is 4. The number of rotatable bonds is 8. The Balaban J connectivity index is 1.04. The van der Waals surface area contributed by atoms with E-state index in [2.05, 4.69) is 185 Å². The van der Waals surface area contributed by atoms with Crippen molar-refractivity contribution < 1.29 is 0 Å². The lowest BCUT2D eigenvalue weighted by Crippen LogP contribution is -2.30. The van der Waals surface area contributed by atoms with Gasteiger partial charge in [0.05, 0.1) is 34.3 Å². The number of nitriles is 4. The Morgan fingerprint density at radius 1 is 0.369 bits per heavy atom. The van der Waals surface area contributed by atoms with Gasteiger partial charge in [-0.2, -0.15) is 38.5 Å². The molecule has 15 rings (SSSR count). The molecule has 0 radical (unpaired) electrons.